The molecule has 1 heterocycles. The first-order chi connectivity index (χ1) is 10.1. The van der Waals surface area contributed by atoms with E-state index in [0.29, 0.717) is 5.69 Å². The van der Waals surface area contributed by atoms with Crippen molar-refractivity contribution in [3.63, 3.8) is 0 Å². The smallest absolute Gasteiger partial charge is 0.411 e. The van der Waals surface area contributed by atoms with Crippen molar-refractivity contribution in [2.45, 2.75) is 19.9 Å². The first kappa shape index (κ1) is 14.8. The minimum atomic E-state index is -0.495. The fraction of sp³-hybridized carbons (Fsp3) is 0.267. The van der Waals surface area contributed by atoms with Crippen LogP contribution in [0.5, 0.6) is 0 Å². The van der Waals surface area contributed by atoms with E-state index in [1.807, 2.05) is 32.0 Å². The minimum Gasteiger partial charge on any atom is -0.453 e. The van der Waals surface area contributed by atoms with Crippen molar-refractivity contribution in [3.05, 3.63) is 48.0 Å². The number of rotatable bonds is 4. The van der Waals surface area contributed by atoms with Crippen molar-refractivity contribution in [1.29, 1.82) is 0 Å². The van der Waals surface area contributed by atoms with Gasteiger partial charge in [0.1, 0.15) is 0 Å². The number of benzene rings is 1. The topological polar surface area (TPSA) is 76.1 Å². The van der Waals surface area contributed by atoms with Crippen molar-refractivity contribution in [2.75, 3.05) is 17.7 Å². The molecule has 1 atom stereocenters. The Bertz CT molecular complexity index is 631. The number of aromatic nitrogens is 2. The second kappa shape index (κ2) is 6.69. The van der Waals surface area contributed by atoms with Crippen molar-refractivity contribution >= 4 is 17.5 Å². The van der Waals surface area contributed by atoms with Crippen molar-refractivity contribution in [3.8, 4) is 0 Å². The summed E-state index contributed by atoms with van der Waals surface area (Å²) in [5.74, 6) is 0. The molecule has 6 nitrogen and oxygen atoms in total. The van der Waals surface area contributed by atoms with Crippen LogP contribution in [0.1, 0.15) is 24.4 Å². The molecule has 0 radical (unpaired) electrons. The number of hydrogen-bond donors (Lipinski definition) is 2. The van der Waals surface area contributed by atoms with Gasteiger partial charge in [-0.15, -0.1) is 0 Å². The Balaban J connectivity index is 2.11. The highest BCUT2D eigenvalue weighted by Crippen LogP contribution is 2.21. The van der Waals surface area contributed by atoms with Crippen molar-refractivity contribution < 1.29 is 9.53 Å². The number of anilines is 2. The number of hydrogen-bond acceptors (Lipinski definition) is 5. The molecule has 0 saturated heterocycles. The van der Waals surface area contributed by atoms with Crippen LogP contribution < -0.4 is 10.6 Å². The highest BCUT2D eigenvalue weighted by Gasteiger charge is 2.10. The van der Waals surface area contributed by atoms with Crippen LogP contribution in [0.15, 0.2) is 36.7 Å². The summed E-state index contributed by atoms with van der Waals surface area (Å²) in [6.07, 6.45) is 2.85. The number of methoxy groups -OCH3 is 1. The van der Waals surface area contributed by atoms with Crippen LogP contribution in [0.25, 0.3) is 0 Å². The van der Waals surface area contributed by atoms with E-state index in [2.05, 4.69) is 25.3 Å². The van der Waals surface area contributed by atoms with Crippen LogP contribution in [0.2, 0.25) is 0 Å². The third kappa shape index (κ3) is 3.92. The van der Waals surface area contributed by atoms with E-state index in [9.17, 15) is 4.79 Å². The molecular formula is C15H18N4O2. The summed E-state index contributed by atoms with van der Waals surface area (Å²) in [6.45, 7) is 3.94. The molecule has 0 spiro atoms. The Kier molecular flexibility index (Phi) is 4.71. The van der Waals surface area contributed by atoms with Crippen molar-refractivity contribution in [1.82, 2.24) is 9.97 Å². The summed E-state index contributed by atoms with van der Waals surface area (Å²) < 4.78 is 4.57. The summed E-state index contributed by atoms with van der Waals surface area (Å²) in [7, 11) is 1.33. The monoisotopic (exact) mass is 286 g/mol. The van der Waals surface area contributed by atoms with Gasteiger partial charge in [-0.1, -0.05) is 6.07 Å². The van der Waals surface area contributed by atoms with Crippen LogP contribution in [-0.4, -0.2) is 23.2 Å². The second-order valence-electron chi connectivity index (χ2n) is 4.59. The molecule has 1 aromatic heterocycles. The first-order valence-electron chi connectivity index (χ1n) is 6.59. The van der Waals surface area contributed by atoms with E-state index in [1.165, 1.54) is 7.11 Å². The molecule has 110 valence electrons. The Morgan fingerprint density at radius 1 is 1.24 bits per heavy atom. The predicted molar refractivity (Wildman–Crippen MR) is 81.3 cm³/mol. The number of carbonyl (C=O) groups excluding carboxylic acids is 1. The molecule has 2 N–H and O–H groups in total. The van der Waals surface area contributed by atoms with Gasteiger partial charge < -0.3 is 10.1 Å². The van der Waals surface area contributed by atoms with Gasteiger partial charge in [-0.05, 0) is 32.0 Å². The highest BCUT2D eigenvalue weighted by atomic mass is 16.5. The summed E-state index contributed by atoms with van der Waals surface area (Å²) in [6, 6.07) is 7.40. The van der Waals surface area contributed by atoms with Gasteiger partial charge in [-0.25, -0.2) is 4.79 Å². The minimum absolute atomic E-state index is 0.00655. The summed E-state index contributed by atoms with van der Waals surface area (Å²) in [4.78, 5) is 19.8. The molecule has 0 aliphatic carbocycles. The zero-order chi connectivity index (χ0) is 15.2. The average Bonchev–Trinajstić information content (AvgIpc) is 2.47. The van der Waals surface area contributed by atoms with Gasteiger partial charge >= 0.3 is 6.09 Å². The van der Waals surface area contributed by atoms with E-state index in [0.717, 1.165) is 17.1 Å². The first-order valence-corrected chi connectivity index (χ1v) is 6.59. The molecule has 0 bridgehead atoms. The predicted octanol–water partition coefficient (Wildman–Crippen LogP) is 3.14. The number of nitrogens with zero attached hydrogens (tertiary/aromatic N) is 2. The van der Waals surface area contributed by atoms with E-state index < -0.39 is 6.09 Å². The van der Waals surface area contributed by atoms with Gasteiger partial charge in [-0.2, -0.15) is 0 Å². The van der Waals surface area contributed by atoms with Crippen LogP contribution in [-0.2, 0) is 4.74 Å². The Labute approximate surface area is 123 Å². The van der Waals surface area contributed by atoms with E-state index >= 15 is 0 Å². The molecule has 0 fully saturated rings. The summed E-state index contributed by atoms with van der Waals surface area (Å²) >= 11 is 0. The van der Waals surface area contributed by atoms with Gasteiger partial charge in [0.05, 0.1) is 24.5 Å². The molecule has 2 aromatic rings. The normalized spacial score (nSPS) is 11.6. The SMILES string of the molecule is COC(=O)Nc1cccc(NC(C)c2nccnc2C)c1. The van der Waals surface area contributed by atoms with Gasteiger partial charge in [0.2, 0.25) is 0 Å². The average molecular weight is 286 g/mol. The van der Waals surface area contributed by atoms with E-state index in [4.69, 9.17) is 0 Å². The number of nitrogens with one attached hydrogen (secondary N) is 2. The van der Waals surface area contributed by atoms with Crippen molar-refractivity contribution in [2.24, 2.45) is 0 Å². The number of amides is 1. The lowest BCUT2D eigenvalue weighted by Crippen LogP contribution is -2.13. The highest BCUT2D eigenvalue weighted by molar-refractivity contribution is 5.85. The van der Waals surface area contributed by atoms with Crippen LogP contribution in [0, 0.1) is 6.92 Å². The fourth-order valence-corrected chi connectivity index (χ4v) is 2.02. The maximum atomic E-state index is 11.2. The molecule has 1 unspecified atom stereocenters. The molecule has 6 heteroatoms. The van der Waals surface area contributed by atoms with Gasteiger partial charge in [0.25, 0.3) is 0 Å². The molecule has 1 aromatic carbocycles. The number of ether oxygens (including phenoxy) is 1. The molecule has 21 heavy (non-hydrogen) atoms. The van der Waals surface area contributed by atoms with Gasteiger partial charge in [0.15, 0.2) is 0 Å². The zero-order valence-electron chi connectivity index (χ0n) is 12.3. The molecule has 0 aliphatic rings. The lowest BCUT2D eigenvalue weighted by Gasteiger charge is -2.16. The molecule has 0 saturated carbocycles. The van der Waals surface area contributed by atoms with Crippen LogP contribution in [0.4, 0.5) is 16.2 Å². The lowest BCUT2D eigenvalue weighted by atomic mass is 10.1. The third-order valence-corrected chi connectivity index (χ3v) is 3.01. The summed E-state index contributed by atoms with van der Waals surface area (Å²) in [5, 5.41) is 5.96. The zero-order valence-corrected chi connectivity index (χ0v) is 12.3. The Morgan fingerprint density at radius 2 is 1.95 bits per heavy atom. The van der Waals surface area contributed by atoms with Gasteiger partial charge in [0, 0.05) is 23.8 Å². The molecule has 2 rings (SSSR count). The molecular weight excluding hydrogens is 268 g/mol. The molecule has 0 aliphatic heterocycles. The second-order valence-corrected chi connectivity index (χ2v) is 4.59. The Morgan fingerprint density at radius 3 is 2.67 bits per heavy atom. The lowest BCUT2D eigenvalue weighted by molar-refractivity contribution is 0.187. The quantitative estimate of drug-likeness (QED) is 0.903. The van der Waals surface area contributed by atoms with Gasteiger partial charge in [-0.3, -0.25) is 15.3 Å². The molecule has 1 amide bonds. The number of aryl methyl sites for hydroxylation is 1. The summed E-state index contributed by atoms with van der Waals surface area (Å²) in [5.41, 5.74) is 3.32. The van der Waals surface area contributed by atoms with E-state index in [1.54, 1.807) is 18.5 Å². The maximum Gasteiger partial charge on any atom is 0.411 e. The van der Waals surface area contributed by atoms with E-state index in [-0.39, 0.29) is 6.04 Å². The third-order valence-electron chi connectivity index (χ3n) is 3.01. The number of carbonyl (C=O) groups is 1. The standard InChI is InChI=1S/C15H18N4O2/c1-10-14(17-8-7-16-10)11(2)18-12-5-4-6-13(9-12)19-15(20)21-3/h4-9,11,18H,1-3H3,(H,19,20). The Hall–Kier alpha value is -2.63. The van der Waals surface area contributed by atoms with Crippen LogP contribution in [0.3, 0.4) is 0 Å². The maximum absolute atomic E-state index is 11.2. The fourth-order valence-electron chi connectivity index (χ4n) is 2.02. The van der Waals surface area contributed by atoms with Crippen LogP contribution >= 0.6 is 0 Å². The largest absolute Gasteiger partial charge is 0.453 e.